The standard InChI is InChI=1S/C13H21NO2/c1-2-3-4-5-6-7-9-14-10-8-12(11-14)13(15)16/h8,10-11H,2-7,9H2,1H3,(H,15,16). The number of nitrogens with zero attached hydrogens (tertiary/aromatic N) is 1. The van der Waals surface area contributed by atoms with Crippen LogP contribution in [-0.4, -0.2) is 15.6 Å². The quantitative estimate of drug-likeness (QED) is 0.685. The van der Waals surface area contributed by atoms with Crippen LogP contribution in [0.25, 0.3) is 0 Å². The first-order valence-corrected chi connectivity index (χ1v) is 6.13. The molecule has 0 aromatic carbocycles. The zero-order valence-corrected chi connectivity index (χ0v) is 9.98. The van der Waals surface area contributed by atoms with Crippen molar-refractivity contribution in [3.05, 3.63) is 24.0 Å². The average Bonchev–Trinajstić information content (AvgIpc) is 2.72. The molecule has 0 fully saturated rings. The van der Waals surface area contributed by atoms with Crippen molar-refractivity contribution < 1.29 is 9.90 Å². The molecule has 0 bridgehead atoms. The highest BCUT2D eigenvalue weighted by Crippen LogP contribution is 2.07. The molecule has 3 heteroatoms. The van der Waals surface area contributed by atoms with E-state index in [1.165, 1.54) is 32.1 Å². The minimum absolute atomic E-state index is 0.381. The molecule has 16 heavy (non-hydrogen) atoms. The Balaban J connectivity index is 2.14. The van der Waals surface area contributed by atoms with Crippen molar-refractivity contribution in [3.63, 3.8) is 0 Å². The van der Waals surface area contributed by atoms with E-state index in [0.717, 1.165) is 13.0 Å². The first-order chi connectivity index (χ1) is 7.74. The van der Waals surface area contributed by atoms with Gasteiger partial charge in [0.25, 0.3) is 0 Å². The number of aryl methyl sites for hydroxylation is 1. The number of hydrogen-bond donors (Lipinski definition) is 1. The molecule has 0 radical (unpaired) electrons. The Hall–Kier alpha value is -1.25. The highest BCUT2D eigenvalue weighted by molar-refractivity contribution is 5.87. The topological polar surface area (TPSA) is 42.2 Å². The molecule has 1 N–H and O–H groups in total. The molecule has 1 aromatic rings. The van der Waals surface area contributed by atoms with Gasteiger partial charge < -0.3 is 9.67 Å². The normalized spacial score (nSPS) is 10.6. The summed E-state index contributed by atoms with van der Waals surface area (Å²) in [7, 11) is 0. The van der Waals surface area contributed by atoms with Crippen LogP contribution < -0.4 is 0 Å². The molecule has 1 aromatic heterocycles. The van der Waals surface area contributed by atoms with Gasteiger partial charge in [0.2, 0.25) is 0 Å². The van der Waals surface area contributed by atoms with Crippen molar-refractivity contribution in [2.24, 2.45) is 0 Å². The van der Waals surface area contributed by atoms with E-state index in [9.17, 15) is 4.79 Å². The van der Waals surface area contributed by atoms with Gasteiger partial charge in [0, 0.05) is 18.9 Å². The number of carboxylic acid groups (broad SMARTS) is 1. The second-order valence-electron chi connectivity index (χ2n) is 4.21. The van der Waals surface area contributed by atoms with Crippen LogP contribution in [-0.2, 0) is 6.54 Å². The molecule has 0 aliphatic heterocycles. The van der Waals surface area contributed by atoms with Gasteiger partial charge in [-0.3, -0.25) is 0 Å². The molecule has 0 saturated heterocycles. The molecular formula is C13H21NO2. The smallest absolute Gasteiger partial charge is 0.337 e. The Morgan fingerprint density at radius 3 is 2.56 bits per heavy atom. The van der Waals surface area contributed by atoms with Gasteiger partial charge in [0.1, 0.15) is 0 Å². The molecule has 3 nitrogen and oxygen atoms in total. The van der Waals surface area contributed by atoms with Crippen LogP contribution in [0.1, 0.15) is 55.8 Å². The van der Waals surface area contributed by atoms with Crippen LogP contribution in [0.5, 0.6) is 0 Å². The summed E-state index contributed by atoms with van der Waals surface area (Å²) in [5.74, 6) is -0.846. The largest absolute Gasteiger partial charge is 0.478 e. The number of rotatable bonds is 8. The molecule has 0 amide bonds. The molecule has 0 aliphatic rings. The summed E-state index contributed by atoms with van der Waals surface area (Å²) in [5, 5.41) is 8.75. The van der Waals surface area contributed by atoms with Crippen LogP contribution >= 0.6 is 0 Å². The maximum absolute atomic E-state index is 10.6. The molecule has 0 unspecified atom stereocenters. The Labute approximate surface area is 97.1 Å². The summed E-state index contributed by atoms with van der Waals surface area (Å²) in [5.41, 5.74) is 0.381. The van der Waals surface area contributed by atoms with Crippen LogP contribution in [0.4, 0.5) is 0 Å². The first-order valence-electron chi connectivity index (χ1n) is 6.13. The zero-order valence-electron chi connectivity index (χ0n) is 9.98. The summed E-state index contributed by atoms with van der Waals surface area (Å²) in [4.78, 5) is 10.6. The second-order valence-corrected chi connectivity index (χ2v) is 4.21. The third kappa shape index (κ3) is 4.51. The van der Waals surface area contributed by atoms with Crippen molar-refractivity contribution in [2.75, 3.05) is 0 Å². The van der Waals surface area contributed by atoms with Crippen molar-refractivity contribution in [2.45, 2.75) is 52.0 Å². The van der Waals surface area contributed by atoms with Crippen molar-refractivity contribution in [3.8, 4) is 0 Å². The Kier molecular flexibility index (Phi) is 5.68. The van der Waals surface area contributed by atoms with E-state index in [0.29, 0.717) is 5.56 Å². The number of aromatic carboxylic acids is 1. The van der Waals surface area contributed by atoms with E-state index in [1.807, 2.05) is 10.8 Å². The number of carbonyl (C=O) groups is 1. The fourth-order valence-corrected chi connectivity index (χ4v) is 1.78. The summed E-state index contributed by atoms with van der Waals surface area (Å²) in [6, 6.07) is 1.65. The van der Waals surface area contributed by atoms with E-state index in [4.69, 9.17) is 5.11 Å². The van der Waals surface area contributed by atoms with E-state index in [1.54, 1.807) is 12.3 Å². The molecule has 0 aliphatic carbocycles. The summed E-state index contributed by atoms with van der Waals surface area (Å²) in [6.45, 7) is 3.15. The number of hydrogen-bond acceptors (Lipinski definition) is 1. The Morgan fingerprint density at radius 1 is 1.25 bits per heavy atom. The van der Waals surface area contributed by atoms with Crippen molar-refractivity contribution in [1.82, 2.24) is 4.57 Å². The molecule has 0 saturated carbocycles. The van der Waals surface area contributed by atoms with E-state index in [2.05, 4.69) is 6.92 Å². The predicted molar refractivity (Wildman–Crippen MR) is 64.8 cm³/mol. The van der Waals surface area contributed by atoms with E-state index in [-0.39, 0.29) is 0 Å². The maximum Gasteiger partial charge on any atom is 0.337 e. The lowest BCUT2D eigenvalue weighted by Gasteiger charge is -2.02. The van der Waals surface area contributed by atoms with Crippen molar-refractivity contribution in [1.29, 1.82) is 0 Å². The Bertz CT molecular complexity index is 317. The highest BCUT2D eigenvalue weighted by Gasteiger charge is 2.03. The third-order valence-corrected chi connectivity index (χ3v) is 2.77. The first kappa shape index (κ1) is 12.8. The lowest BCUT2D eigenvalue weighted by Crippen LogP contribution is -1.96. The minimum atomic E-state index is -0.846. The van der Waals surface area contributed by atoms with Gasteiger partial charge in [-0.25, -0.2) is 4.79 Å². The molecular weight excluding hydrogens is 202 g/mol. The summed E-state index contributed by atoms with van der Waals surface area (Å²) in [6.07, 6.45) is 11.1. The van der Waals surface area contributed by atoms with Gasteiger partial charge in [-0.2, -0.15) is 0 Å². The summed E-state index contributed by atoms with van der Waals surface area (Å²) >= 11 is 0. The molecule has 0 atom stereocenters. The molecule has 0 spiro atoms. The van der Waals surface area contributed by atoms with Gasteiger partial charge in [-0.15, -0.1) is 0 Å². The predicted octanol–water partition coefficient (Wildman–Crippen LogP) is 3.55. The van der Waals surface area contributed by atoms with Crippen molar-refractivity contribution >= 4 is 5.97 Å². The maximum atomic E-state index is 10.6. The molecule has 90 valence electrons. The lowest BCUT2D eigenvalue weighted by molar-refractivity contribution is 0.0697. The van der Waals surface area contributed by atoms with Crippen LogP contribution in [0.15, 0.2) is 18.5 Å². The zero-order chi connectivity index (χ0) is 11.8. The minimum Gasteiger partial charge on any atom is -0.478 e. The SMILES string of the molecule is CCCCCCCCn1ccc(C(=O)O)c1. The third-order valence-electron chi connectivity index (χ3n) is 2.77. The number of aromatic nitrogens is 1. The molecule has 1 rings (SSSR count). The lowest BCUT2D eigenvalue weighted by atomic mass is 10.1. The number of unbranched alkanes of at least 4 members (excludes halogenated alkanes) is 5. The van der Waals surface area contributed by atoms with E-state index >= 15 is 0 Å². The van der Waals surface area contributed by atoms with Gasteiger partial charge in [-0.1, -0.05) is 39.0 Å². The second kappa shape index (κ2) is 7.09. The van der Waals surface area contributed by atoms with Gasteiger partial charge in [0.15, 0.2) is 0 Å². The van der Waals surface area contributed by atoms with Crippen LogP contribution in [0.3, 0.4) is 0 Å². The monoisotopic (exact) mass is 223 g/mol. The van der Waals surface area contributed by atoms with E-state index < -0.39 is 5.97 Å². The average molecular weight is 223 g/mol. The Morgan fingerprint density at radius 2 is 1.94 bits per heavy atom. The van der Waals surface area contributed by atoms with Gasteiger partial charge in [-0.05, 0) is 12.5 Å². The van der Waals surface area contributed by atoms with Gasteiger partial charge >= 0.3 is 5.97 Å². The number of carboxylic acids is 1. The highest BCUT2D eigenvalue weighted by atomic mass is 16.4. The van der Waals surface area contributed by atoms with Gasteiger partial charge in [0.05, 0.1) is 5.56 Å². The van der Waals surface area contributed by atoms with Crippen LogP contribution in [0, 0.1) is 0 Å². The molecule has 1 heterocycles. The fourth-order valence-electron chi connectivity index (χ4n) is 1.78. The fraction of sp³-hybridized carbons (Fsp3) is 0.615. The summed E-state index contributed by atoms with van der Waals surface area (Å²) < 4.78 is 1.96. The van der Waals surface area contributed by atoms with Crippen LogP contribution in [0.2, 0.25) is 0 Å².